The first kappa shape index (κ1) is 10.5. The quantitative estimate of drug-likeness (QED) is 0.542. The van der Waals surface area contributed by atoms with Crippen LogP contribution in [0.2, 0.25) is 5.82 Å². The SMILES string of the molecule is C[Se]P1(=[Se])OCC(C)(C)CO1. The van der Waals surface area contributed by atoms with Crippen molar-refractivity contribution < 1.29 is 9.05 Å². The third-order valence-corrected chi connectivity index (χ3v) is 13.1. The van der Waals surface area contributed by atoms with Gasteiger partial charge in [0.2, 0.25) is 0 Å². The molecule has 0 saturated carbocycles. The zero-order valence-electron chi connectivity index (χ0n) is 6.99. The molecular weight excluding hydrogens is 293 g/mol. The van der Waals surface area contributed by atoms with Crippen molar-refractivity contribution in [3.63, 3.8) is 0 Å². The van der Waals surface area contributed by atoms with Crippen molar-refractivity contribution in [1.29, 1.82) is 0 Å². The van der Waals surface area contributed by atoms with Crippen LogP contribution in [0.25, 0.3) is 0 Å². The molecule has 2 nitrogen and oxygen atoms in total. The predicted molar refractivity (Wildman–Crippen MR) is 50.0 cm³/mol. The molecule has 0 N–H and O–H groups in total. The van der Waals surface area contributed by atoms with Gasteiger partial charge in [0.15, 0.2) is 0 Å². The molecule has 1 fully saturated rings. The Morgan fingerprint density at radius 3 is 2.18 bits per heavy atom. The van der Waals surface area contributed by atoms with Crippen LogP contribution in [-0.2, 0) is 9.05 Å². The standard InChI is InChI=1S/C6H13O2PSe2/c1-6(2)4-7-9(10,11-3)8-5-6/h4-5H2,1-3H3. The minimum atomic E-state index is -1.49. The summed E-state index contributed by atoms with van der Waals surface area (Å²) in [6.45, 7) is 6.01. The summed E-state index contributed by atoms with van der Waals surface area (Å²) in [6, 6.07) is 0. The van der Waals surface area contributed by atoms with Gasteiger partial charge in [0.25, 0.3) is 0 Å². The molecule has 1 rings (SSSR count). The average Bonchev–Trinajstić information content (AvgIpc) is 1.97. The number of rotatable bonds is 1. The van der Waals surface area contributed by atoms with E-state index in [2.05, 4.69) is 34.8 Å². The molecular formula is C6H13O2PSe2. The summed E-state index contributed by atoms with van der Waals surface area (Å²) < 4.78 is 9.90. The van der Waals surface area contributed by atoms with Gasteiger partial charge in [0.05, 0.1) is 0 Å². The molecule has 0 aromatic heterocycles. The molecule has 1 aliphatic rings. The molecule has 0 amide bonds. The summed E-state index contributed by atoms with van der Waals surface area (Å²) in [5.41, 5.74) is 0.207. The van der Waals surface area contributed by atoms with E-state index < -0.39 is 4.65 Å². The maximum atomic E-state index is 5.69. The molecule has 66 valence electrons. The monoisotopic (exact) mass is 308 g/mol. The van der Waals surface area contributed by atoms with Crippen molar-refractivity contribution in [3.05, 3.63) is 0 Å². The van der Waals surface area contributed by atoms with E-state index in [1.165, 1.54) is 0 Å². The van der Waals surface area contributed by atoms with Crippen LogP contribution < -0.4 is 0 Å². The van der Waals surface area contributed by atoms with Gasteiger partial charge in [-0.1, -0.05) is 0 Å². The summed E-state index contributed by atoms with van der Waals surface area (Å²) in [6.07, 6.45) is 0. The van der Waals surface area contributed by atoms with Crippen molar-refractivity contribution in [2.45, 2.75) is 19.7 Å². The fourth-order valence-electron chi connectivity index (χ4n) is 0.692. The normalized spacial score (nSPS) is 28.3. The van der Waals surface area contributed by atoms with Crippen LogP contribution in [0, 0.1) is 5.41 Å². The summed E-state index contributed by atoms with van der Waals surface area (Å²) >= 11 is 3.54. The molecule has 0 aromatic carbocycles. The Labute approximate surface area is 81.6 Å². The maximum absolute atomic E-state index is 5.69. The van der Waals surface area contributed by atoms with Crippen molar-refractivity contribution in [1.82, 2.24) is 0 Å². The molecule has 0 spiro atoms. The Kier molecular flexibility index (Phi) is 3.46. The van der Waals surface area contributed by atoms with Gasteiger partial charge in [-0.25, -0.2) is 0 Å². The molecule has 0 atom stereocenters. The third-order valence-electron chi connectivity index (χ3n) is 1.45. The van der Waals surface area contributed by atoms with E-state index in [-0.39, 0.29) is 5.41 Å². The minimum absolute atomic E-state index is 0.207. The van der Waals surface area contributed by atoms with E-state index in [0.717, 1.165) is 13.2 Å². The Morgan fingerprint density at radius 2 is 1.82 bits per heavy atom. The molecule has 0 aliphatic carbocycles. The Balaban J connectivity index is 2.55. The molecule has 5 heteroatoms. The molecule has 0 unspecified atom stereocenters. The second-order valence-electron chi connectivity index (χ2n) is 3.34. The average molecular weight is 306 g/mol. The van der Waals surface area contributed by atoms with E-state index in [4.69, 9.17) is 9.05 Å². The Bertz CT molecular complexity index is 179. The van der Waals surface area contributed by atoms with Gasteiger partial charge in [-0.2, -0.15) is 0 Å². The molecule has 0 aromatic rings. The first-order valence-electron chi connectivity index (χ1n) is 3.42. The van der Waals surface area contributed by atoms with E-state index in [1.54, 1.807) is 0 Å². The summed E-state index contributed by atoms with van der Waals surface area (Å²) in [5, 5.41) is 0. The predicted octanol–water partition coefficient (Wildman–Crippen LogP) is 1.66. The van der Waals surface area contributed by atoms with Crippen molar-refractivity contribution in [2.24, 2.45) is 5.41 Å². The second kappa shape index (κ2) is 3.64. The van der Waals surface area contributed by atoms with E-state index in [0.29, 0.717) is 14.5 Å². The van der Waals surface area contributed by atoms with E-state index >= 15 is 0 Å². The molecule has 0 bridgehead atoms. The van der Waals surface area contributed by atoms with Crippen LogP contribution in [0.5, 0.6) is 0 Å². The van der Waals surface area contributed by atoms with Crippen molar-refractivity contribution in [2.75, 3.05) is 13.2 Å². The molecule has 11 heavy (non-hydrogen) atoms. The first-order chi connectivity index (χ1) is 4.97. The van der Waals surface area contributed by atoms with E-state index in [1.807, 2.05) is 0 Å². The van der Waals surface area contributed by atoms with Gasteiger partial charge in [0, 0.05) is 0 Å². The zero-order valence-corrected chi connectivity index (χ0v) is 11.3. The third kappa shape index (κ3) is 2.97. The summed E-state index contributed by atoms with van der Waals surface area (Å²) in [5.74, 6) is 2.16. The van der Waals surface area contributed by atoms with Gasteiger partial charge in [-0.3, -0.25) is 0 Å². The fourth-order valence-corrected chi connectivity index (χ4v) is 4.65. The number of hydrogen-bond donors (Lipinski definition) is 0. The number of hydrogen-bond acceptors (Lipinski definition) is 2. The fraction of sp³-hybridized carbons (Fsp3) is 1.00. The van der Waals surface area contributed by atoms with Crippen LogP contribution in [0.15, 0.2) is 0 Å². The molecule has 1 heterocycles. The molecule has 1 aliphatic heterocycles. The Hall–Kier alpha value is 1.39. The first-order valence-corrected chi connectivity index (χ1v) is 11.2. The van der Waals surface area contributed by atoms with Crippen LogP contribution in [0.4, 0.5) is 0 Å². The molecule has 1 saturated heterocycles. The Morgan fingerprint density at radius 1 is 1.36 bits per heavy atom. The van der Waals surface area contributed by atoms with Crippen LogP contribution in [-0.4, -0.2) is 42.8 Å². The van der Waals surface area contributed by atoms with Crippen molar-refractivity contribution in [3.8, 4) is 0 Å². The van der Waals surface area contributed by atoms with Crippen LogP contribution in [0.3, 0.4) is 0 Å². The topological polar surface area (TPSA) is 18.5 Å². The van der Waals surface area contributed by atoms with Crippen molar-refractivity contribution >= 4 is 34.3 Å². The summed E-state index contributed by atoms with van der Waals surface area (Å²) in [4.78, 5) is 0. The van der Waals surface area contributed by atoms with Gasteiger partial charge >= 0.3 is 81.6 Å². The van der Waals surface area contributed by atoms with Crippen LogP contribution in [0.1, 0.15) is 13.8 Å². The van der Waals surface area contributed by atoms with Gasteiger partial charge in [-0.15, -0.1) is 0 Å². The second-order valence-corrected chi connectivity index (χ2v) is 17.0. The van der Waals surface area contributed by atoms with E-state index in [9.17, 15) is 0 Å². The van der Waals surface area contributed by atoms with Gasteiger partial charge < -0.3 is 0 Å². The summed E-state index contributed by atoms with van der Waals surface area (Å²) in [7, 11) is 0. The molecule has 0 radical (unpaired) electrons. The van der Waals surface area contributed by atoms with Gasteiger partial charge in [-0.05, 0) is 0 Å². The van der Waals surface area contributed by atoms with Gasteiger partial charge in [0.1, 0.15) is 0 Å². The zero-order chi connectivity index (χ0) is 8.54. The van der Waals surface area contributed by atoms with Crippen LogP contribution >= 0.6 is 4.65 Å².